The van der Waals surface area contributed by atoms with Crippen LogP contribution >= 0.6 is 11.6 Å². The molecule has 104 valence electrons. The summed E-state index contributed by atoms with van der Waals surface area (Å²) in [6, 6.07) is 12.1. The average Bonchev–Trinajstić information content (AvgIpc) is 2.45. The van der Waals surface area contributed by atoms with E-state index in [1.54, 1.807) is 6.07 Å². The molecule has 0 aromatic heterocycles. The van der Waals surface area contributed by atoms with Gasteiger partial charge < -0.3 is 4.74 Å². The van der Waals surface area contributed by atoms with Gasteiger partial charge in [0.2, 0.25) is 0 Å². The van der Waals surface area contributed by atoms with Crippen molar-refractivity contribution in [3.63, 3.8) is 0 Å². The predicted molar refractivity (Wildman–Crippen MR) is 78.3 cm³/mol. The Kier molecular flexibility index (Phi) is 4.58. The Bertz CT molecular complexity index is 628. The maximum absolute atomic E-state index is 11.0. The van der Waals surface area contributed by atoms with Gasteiger partial charge in [0.1, 0.15) is 12.4 Å². The van der Waals surface area contributed by atoms with Crippen LogP contribution in [0, 0.1) is 10.1 Å². The van der Waals surface area contributed by atoms with Crippen LogP contribution in [-0.4, -0.2) is 4.92 Å². The third kappa shape index (κ3) is 3.48. The number of rotatable bonds is 5. The summed E-state index contributed by atoms with van der Waals surface area (Å²) in [7, 11) is 0. The molecule has 0 atom stereocenters. The second-order valence-electron chi connectivity index (χ2n) is 4.32. The lowest BCUT2D eigenvalue weighted by Crippen LogP contribution is -2.01. The van der Waals surface area contributed by atoms with Crippen LogP contribution in [0.15, 0.2) is 42.5 Å². The summed E-state index contributed by atoms with van der Waals surface area (Å²) < 4.78 is 5.62. The Balaban J connectivity index is 2.17. The number of ether oxygens (including phenoxy) is 1. The molecule has 0 saturated carbocycles. The van der Waals surface area contributed by atoms with Crippen molar-refractivity contribution in [3.05, 3.63) is 68.7 Å². The molecule has 0 radical (unpaired) electrons. The van der Waals surface area contributed by atoms with Crippen molar-refractivity contribution >= 4 is 17.3 Å². The first-order valence-corrected chi connectivity index (χ1v) is 6.62. The van der Waals surface area contributed by atoms with Crippen LogP contribution in [0.4, 0.5) is 5.69 Å². The Morgan fingerprint density at radius 3 is 2.75 bits per heavy atom. The van der Waals surface area contributed by atoms with E-state index in [-0.39, 0.29) is 12.3 Å². The maximum atomic E-state index is 11.0. The Labute approximate surface area is 122 Å². The van der Waals surface area contributed by atoms with Crippen molar-refractivity contribution in [1.82, 2.24) is 0 Å². The molecule has 0 heterocycles. The summed E-state index contributed by atoms with van der Waals surface area (Å²) in [5.74, 6) is 0.693. The molecule has 2 aromatic rings. The molecule has 0 bridgehead atoms. The van der Waals surface area contributed by atoms with Gasteiger partial charge in [0.25, 0.3) is 5.69 Å². The number of benzene rings is 2. The van der Waals surface area contributed by atoms with Gasteiger partial charge in [0.05, 0.1) is 10.5 Å². The highest BCUT2D eigenvalue weighted by molar-refractivity contribution is 6.30. The molecule has 4 nitrogen and oxygen atoms in total. The molecule has 0 aliphatic heterocycles. The van der Waals surface area contributed by atoms with Crippen LogP contribution in [0.25, 0.3) is 0 Å². The van der Waals surface area contributed by atoms with E-state index in [1.165, 1.54) is 12.1 Å². The molecular formula is C15H14ClNO3. The largest absolute Gasteiger partial charge is 0.489 e. The zero-order valence-corrected chi connectivity index (χ0v) is 11.8. The van der Waals surface area contributed by atoms with Crippen molar-refractivity contribution in [3.8, 4) is 5.75 Å². The molecule has 0 fully saturated rings. The Hall–Kier alpha value is -2.07. The molecule has 0 N–H and O–H groups in total. The Morgan fingerprint density at radius 2 is 2.05 bits per heavy atom. The normalized spacial score (nSPS) is 10.3. The van der Waals surface area contributed by atoms with E-state index in [1.807, 2.05) is 24.3 Å². The molecule has 20 heavy (non-hydrogen) atoms. The minimum absolute atomic E-state index is 0.0149. The number of hydrogen-bond acceptors (Lipinski definition) is 3. The Morgan fingerprint density at radius 1 is 1.25 bits per heavy atom. The third-order valence-corrected chi connectivity index (χ3v) is 3.17. The first-order chi connectivity index (χ1) is 9.60. The molecule has 0 aliphatic rings. The van der Waals surface area contributed by atoms with E-state index in [2.05, 4.69) is 6.92 Å². The van der Waals surface area contributed by atoms with E-state index in [9.17, 15) is 10.1 Å². The minimum Gasteiger partial charge on any atom is -0.489 e. The van der Waals surface area contributed by atoms with Gasteiger partial charge in [-0.05, 0) is 36.2 Å². The second-order valence-corrected chi connectivity index (χ2v) is 4.76. The minimum atomic E-state index is -0.433. The summed E-state index contributed by atoms with van der Waals surface area (Å²) in [6.07, 6.45) is 0.911. The highest BCUT2D eigenvalue weighted by atomic mass is 35.5. The number of nitro groups is 1. The van der Waals surface area contributed by atoms with Crippen LogP contribution in [0.2, 0.25) is 5.02 Å². The van der Waals surface area contributed by atoms with Gasteiger partial charge in [-0.15, -0.1) is 0 Å². The molecule has 0 saturated heterocycles. The molecule has 5 heteroatoms. The lowest BCUT2D eigenvalue weighted by molar-refractivity contribution is -0.385. The third-order valence-electron chi connectivity index (χ3n) is 2.94. The molecule has 0 unspecified atom stereocenters. The average molecular weight is 292 g/mol. The summed E-state index contributed by atoms with van der Waals surface area (Å²) in [4.78, 5) is 10.5. The summed E-state index contributed by atoms with van der Waals surface area (Å²) >= 11 is 5.87. The highest BCUT2D eigenvalue weighted by Gasteiger charge is 2.14. The first-order valence-electron chi connectivity index (χ1n) is 6.24. The van der Waals surface area contributed by atoms with Gasteiger partial charge in [-0.3, -0.25) is 10.1 Å². The smallest absolute Gasteiger partial charge is 0.276 e. The van der Waals surface area contributed by atoms with Crippen molar-refractivity contribution in [2.24, 2.45) is 0 Å². The zero-order chi connectivity index (χ0) is 14.5. The summed E-state index contributed by atoms with van der Waals surface area (Å²) in [6.45, 7) is 2.17. The standard InChI is InChI=1S/C15H14ClNO3/c1-2-11-4-3-5-14(8-11)20-10-12-9-13(16)6-7-15(12)17(18)19/h3-9H,2,10H2,1H3. The SMILES string of the molecule is CCc1cccc(OCc2cc(Cl)ccc2[N+](=O)[O-])c1. The van der Waals surface area contributed by atoms with Gasteiger partial charge in [0, 0.05) is 11.1 Å². The van der Waals surface area contributed by atoms with Gasteiger partial charge >= 0.3 is 0 Å². The highest BCUT2D eigenvalue weighted by Crippen LogP contribution is 2.24. The van der Waals surface area contributed by atoms with Crippen molar-refractivity contribution in [1.29, 1.82) is 0 Å². The van der Waals surface area contributed by atoms with E-state index < -0.39 is 4.92 Å². The topological polar surface area (TPSA) is 52.4 Å². The second kappa shape index (κ2) is 6.39. The van der Waals surface area contributed by atoms with Crippen LogP contribution in [0.5, 0.6) is 5.75 Å². The predicted octanol–water partition coefficient (Wildman–Crippen LogP) is 4.39. The number of nitro benzene ring substituents is 1. The van der Waals surface area contributed by atoms with Gasteiger partial charge in [-0.1, -0.05) is 30.7 Å². The fraction of sp³-hybridized carbons (Fsp3) is 0.200. The fourth-order valence-corrected chi connectivity index (χ4v) is 2.06. The summed E-state index contributed by atoms with van der Waals surface area (Å²) in [5, 5.41) is 11.4. The van der Waals surface area contributed by atoms with Crippen molar-refractivity contribution in [2.45, 2.75) is 20.0 Å². The van der Waals surface area contributed by atoms with Gasteiger partial charge in [-0.25, -0.2) is 0 Å². The number of halogens is 1. The number of nitrogens with zero attached hydrogens (tertiary/aromatic N) is 1. The van der Waals surface area contributed by atoms with E-state index in [0.29, 0.717) is 16.3 Å². The van der Waals surface area contributed by atoms with E-state index >= 15 is 0 Å². The summed E-state index contributed by atoms with van der Waals surface area (Å²) in [5.41, 5.74) is 1.63. The van der Waals surface area contributed by atoms with Crippen LogP contribution in [0.1, 0.15) is 18.1 Å². The van der Waals surface area contributed by atoms with E-state index in [0.717, 1.165) is 12.0 Å². The monoisotopic (exact) mass is 291 g/mol. The number of aryl methyl sites for hydroxylation is 1. The van der Waals surface area contributed by atoms with Gasteiger partial charge in [0.15, 0.2) is 0 Å². The molecular weight excluding hydrogens is 278 g/mol. The maximum Gasteiger partial charge on any atom is 0.276 e. The van der Waals surface area contributed by atoms with Gasteiger partial charge in [-0.2, -0.15) is 0 Å². The first kappa shape index (κ1) is 14.3. The number of hydrogen-bond donors (Lipinski definition) is 0. The van der Waals surface area contributed by atoms with Crippen LogP contribution in [-0.2, 0) is 13.0 Å². The molecule has 0 amide bonds. The molecule has 0 spiro atoms. The molecule has 2 aromatic carbocycles. The fourth-order valence-electron chi connectivity index (χ4n) is 1.86. The molecule has 0 aliphatic carbocycles. The lowest BCUT2D eigenvalue weighted by atomic mass is 10.1. The zero-order valence-electron chi connectivity index (χ0n) is 11.0. The quantitative estimate of drug-likeness (QED) is 0.606. The van der Waals surface area contributed by atoms with Crippen molar-refractivity contribution in [2.75, 3.05) is 0 Å². The van der Waals surface area contributed by atoms with Crippen LogP contribution in [0.3, 0.4) is 0 Å². The van der Waals surface area contributed by atoms with E-state index in [4.69, 9.17) is 16.3 Å². The van der Waals surface area contributed by atoms with Crippen molar-refractivity contribution < 1.29 is 9.66 Å². The van der Waals surface area contributed by atoms with Crippen LogP contribution < -0.4 is 4.74 Å². The molecule has 2 rings (SSSR count). The lowest BCUT2D eigenvalue weighted by Gasteiger charge is -2.08.